The molecular weight excluding hydrogens is 218 g/mol. The normalized spacial score (nSPS) is 23.6. The molecule has 1 aromatic carbocycles. The third-order valence-electron chi connectivity index (χ3n) is 3.08. The van der Waals surface area contributed by atoms with Crippen LogP contribution in [0.5, 0.6) is 0 Å². The van der Waals surface area contributed by atoms with Gasteiger partial charge < -0.3 is 15.2 Å². The highest BCUT2D eigenvalue weighted by Gasteiger charge is 2.29. The van der Waals surface area contributed by atoms with E-state index in [-0.39, 0.29) is 5.60 Å². The number of hydrogen-bond donors (Lipinski definition) is 2. The Morgan fingerprint density at radius 2 is 2.41 bits per heavy atom. The number of ether oxygens (including phenoxy) is 1. The van der Waals surface area contributed by atoms with Crippen LogP contribution in [0.1, 0.15) is 30.1 Å². The summed E-state index contributed by atoms with van der Waals surface area (Å²) in [4.78, 5) is 10.8. The van der Waals surface area contributed by atoms with Crippen molar-refractivity contribution in [2.45, 2.75) is 25.4 Å². The Labute approximate surface area is 101 Å². The minimum atomic E-state index is -0.906. The van der Waals surface area contributed by atoms with Crippen LogP contribution in [-0.2, 0) is 4.74 Å². The Kier molecular flexibility index (Phi) is 3.33. The Hall–Kier alpha value is -1.55. The summed E-state index contributed by atoms with van der Waals surface area (Å²) in [6, 6.07) is 6.83. The second-order valence-corrected chi connectivity index (χ2v) is 4.64. The molecule has 4 nitrogen and oxygen atoms in total. The van der Waals surface area contributed by atoms with Gasteiger partial charge in [-0.2, -0.15) is 0 Å². The molecule has 0 saturated carbocycles. The minimum absolute atomic E-state index is 0.126. The van der Waals surface area contributed by atoms with Gasteiger partial charge in [-0.05, 0) is 38.0 Å². The summed E-state index contributed by atoms with van der Waals surface area (Å²) in [6.07, 6.45) is 2.13. The molecule has 2 N–H and O–H groups in total. The lowest BCUT2D eigenvalue weighted by molar-refractivity contribution is 0.0315. The van der Waals surface area contributed by atoms with Crippen molar-refractivity contribution >= 4 is 11.7 Å². The van der Waals surface area contributed by atoms with Crippen LogP contribution in [0.2, 0.25) is 0 Å². The zero-order valence-electron chi connectivity index (χ0n) is 9.90. The van der Waals surface area contributed by atoms with Crippen molar-refractivity contribution in [3.05, 3.63) is 29.8 Å². The Balaban J connectivity index is 1.99. The summed E-state index contributed by atoms with van der Waals surface area (Å²) in [7, 11) is 0. The van der Waals surface area contributed by atoms with Gasteiger partial charge in [-0.25, -0.2) is 4.79 Å². The summed E-state index contributed by atoms with van der Waals surface area (Å²) < 4.78 is 5.66. The average Bonchev–Trinajstić information content (AvgIpc) is 2.75. The summed E-state index contributed by atoms with van der Waals surface area (Å²) >= 11 is 0. The number of benzene rings is 1. The molecule has 1 aliphatic rings. The van der Waals surface area contributed by atoms with Gasteiger partial charge in [-0.3, -0.25) is 0 Å². The van der Waals surface area contributed by atoms with E-state index in [0.29, 0.717) is 12.1 Å². The fourth-order valence-corrected chi connectivity index (χ4v) is 2.03. The average molecular weight is 235 g/mol. The van der Waals surface area contributed by atoms with Crippen LogP contribution in [0.25, 0.3) is 0 Å². The van der Waals surface area contributed by atoms with E-state index < -0.39 is 5.97 Å². The number of carbonyl (C=O) groups is 1. The molecule has 1 fully saturated rings. The van der Waals surface area contributed by atoms with Gasteiger partial charge in [0.05, 0.1) is 11.2 Å². The molecule has 0 amide bonds. The van der Waals surface area contributed by atoms with Gasteiger partial charge in [0.25, 0.3) is 0 Å². The van der Waals surface area contributed by atoms with E-state index in [1.54, 1.807) is 18.2 Å². The lowest BCUT2D eigenvalue weighted by atomic mass is 10.0. The molecule has 1 saturated heterocycles. The maximum Gasteiger partial charge on any atom is 0.335 e. The quantitative estimate of drug-likeness (QED) is 0.841. The molecule has 0 aromatic heterocycles. The third kappa shape index (κ3) is 2.97. The first-order valence-electron chi connectivity index (χ1n) is 5.80. The highest BCUT2D eigenvalue weighted by Crippen LogP contribution is 2.25. The van der Waals surface area contributed by atoms with Crippen LogP contribution >= 0.6 is 0 Å². The Bertz CT molecular complexity index is 411. The van der Waals surface area contributed by atoms with Crippen LogP contribution in [0.4, 0.5) is 5.69 Å². The van der Waals surface area contributed by atoms with Crippen molar-refractivity contribution in [3.8, 4) is 0 Å². The van der Waals surface area contributed by atoms with E-state index in [4.69, 9.17) is 9.84 Å². The summed E-state index contributed by atoms with van der Waals surface area (Å²) in [5.41, 5.74) is 0.994. The van der Waals surface area contributed by atoms with Crippen LogP contribution in [0.15, 0.2) is 24.3 Å². The molecule has 0 aliphatic carbocycles. The van der Waals surface area contributed by atoms with Gasteiger partial charge in [-0.15, -0.1) is 0 Å². The second kappa shape index (κ2) is 4.75. The first-order chi connectivity index (χ1) is 8.09. The molecular formula is C13H17NO3. The van der Waals surface area contributed by atoms with Gasteiger partial charge in [-0.1, -0.05) is 6.07 Å². The predicted octanol–water partition coefficient (Wildman–Crippen LogP) is 2.37. The maximum absolute atomic E-state index is 10.8. The highest BCUT2D eigenvalue weighted by molar-refractivity contribution is 5.88. The SMILES string of the molecule is CC1(CNc2cccc(C(=O)O)c2)CCCO1. The fourth-order valence-electron chi connectivity index (χ4n) is 2.03. The van der Waals surface area contributed by atoms with E-state index in [2.05, 4.69) is 12.2 Å². The summed E-state index contributed by atoms with van der Waals surface area (Å²) in [5.74, 6) is -0.906. The summed E-state index contributed by atoms with van der Waals surface area (Å²) in [6.45, 7) is 3.59. The van der Waals surface area contributed by atoms with Crippen molar-refractivity contribution < 1.29 is 14.6 Å². The number of carboxylic acids is 1. The highest BCUT2D eigenvalue weighted by atomic mass is 16.5. The standard InChI is InChI=1S/C13H17NO3/c1-13(6-3-7-17-13)9-14-11-5-2-4-10(8-11)12(15)16/h2,4-5,8,14H,3,6-7,9H2,1H3,(H,15,16). The molecule has 92 valence electrons. The van der Waals surface area contributed by atoms with E-state index in [0.717, 1.165) is 25.1 Å². The molecule has 0 radical (unpaired) electrons. The third-order valence-corrected chi connectivity index (χ3v) is 3.08. The molecule has 1 heterocycles. The van der Waals surface area contributed by atoms with Crippen LogP contribution < -0.4 is 5.32 Å². The molecule has 1 aromatic rings. The number of aromatic carboxylic acids is 1. The monoisotopic (exact) mass is 235 g/mol. The summed E-state index contributed by atoms with van der Waals surface area (Å²) in [5, 5.41) is 12.1. The van der Waals surface area contributed by atoms with Crippen LogP contribution in [0.3, 0.4) is 0 Å². The lowest BCUT2D eigenvalue weighted by Crippen LogP contribution is -2.32. The van der Waals surface area contributed by atoms with Gasteiger partial charge in [0.1, 0.15) is 0 Å². The molecule has 1 atom stereocenters. The second-order valence-electron chi connectivity index (χ2n) is 4.64. The van der Waals surface area contributed by atoms with E-state index in [9.17, 15) is 4.79 Å². The molecule has 0 bridgehead atoms. The number of nitrogens with one attached hydrogen (secondary N) is 1. The van der Waals surface area contributed by atoms with Crippen molar-refractivity contribution in [1.29, 1.82) is 0 Å². The van der Waals surface area contributed by atoms with E-state index in [1.807, 2.05) is 6.07 Å². The predicted molar refractivity (Wildman–Crippen MR) is 65.5 cm³/mol. The zero-order chi connectivity index (χ0) is 12.3. The zero-order valence-corrected chi connectivity index (χ0v) is 9.90. The maximum atomic E-state index is 10.8. The molecule has 1 unspecified atom stereocenters. The number of rotatable bonds is 4. The fraction of sp³-hybridized carbons (Fsp3) is 0.462. The number of anilines is 1. The van der Waals surface area contributed by atoms with Crippen LogP contribution in [-0.4, -0.2) is 29.8 Å². The van der Waals surface area contributed by atoms with E-state index >= 15 is 0 Å². The Morgan fingerprint density at radius 3 is 3.06 bits per heavy atom. The van der Waals surface area contributed by atoms with Crippen molar-refractivity contribution in [1.82, 2.24) is 0 Å². The molecule has 0 spiro atoms. The number of carboxylic acid groups (broad SMARTS) is 1. The van der Waals surface area contributed by atoms with Gasteiger partial charge in [0, 0.05) is 18.8 Å². The van der Waals surface area contributed by atoms with Gasteiger partial charge in [0.2, 0.25) is 0 Å². The van der Waals surface area contributed by atoms with Crippen LogP contribution in [0, 0.1) is 0 Å². The lowest BCUT2D eigenvalue weighted by Gasteiger charge is -2.24. The Morgan fingerprint density at radius 1 is 1.59 bits per heavy atom. The molecule has 4 heteroatoms. The topological polar surface area (TPSA) is 58.6 Å². The minimum Gasteiger partial charge on any atom is -0.478 e. The number of hydrogen-bond acceptors (Lipinski definition) is 3. The molecule has 1 aliphatic heterocycles. The van der Waals surface area contributed by atoms with E-state index in [1.165, 1.54) is 0 Å². The van der Waals surface area contributed by atoms with Gasteiger partial charge >= 0.3 is 5.97 Å². The van der Waals surface area contributed by atoms with Gasteiger partial charge in [0.15, 0.2) is 0 Å². The first-order valence-corrected chi connectivity index (χ1v) is 5.80. The first kappa shape index (κ1) is 11.9. The van der Waals surface area contributed by atoms with Crippen molar-refractivity contribution in [3.63, 3.8) is 0 Å². The smallest absolute Gasteiger partial charge is 0.335 e. The van der Waals surface area contributed by atoms with Crippen molar-refractivity contribution in [2.75, 3.05) is 18.5 Å². The molecule has 2 rings (SSSR count). The molecule has 17 heavy (non-hydrogen) atoms. The van der Waals surface area contributed by atoms with Crippen molar-refractivity contribution in [2.24, 2.45) is 0 Å². The largest absolute Gasteiger partial charge is 0.478 e.